The van der Waals surface area contributed by atoms with E-state index in [0.29, 0.717) is 27.4 Å². The van der Waals surface area contributed by atoms with Gasteiger partial charge in [-0.2, -0.15) is 0 Å². The van der Waals surface area contributed by atoms with Crippen LogP contribution >= 0.6 is 23.2 Å². The predicted octanol–water partition coefficient (Wildman–Crippen LogP) is 4.92. The molecule has 0 bridgehead atoms. The molecule has 0 atom stereocenters. The molecule has 0 aliphatic carbocycles. The van der Waals surface area contributed by atoms with Gasteiger partial charge in [-0.15, -0.1) is 0 Å². The van der Waals surface area contributed by atoms with Crippen LogP contribution in [0.2, 0.25) is 10.0 Å². The van der Waals surface area contributed by atoms with Crippen molar-refractivity contribution in [2.24, 2.45) is 0 Å². The second kappa shape index (κ2) is 10.0. The number of carbonyl (C=O) groups excluding carboxylic acids is 1. The van der Waals surface area contributed by atoms with Gasteiger partial charge in [0.15, 0.2) is 0 Å². The maximum atomic E-state index is 12.3. The highest BCUT2D eigenvalue weighted by molar-refractivity contribution is 6.35. The van der Waals surface area contributed by atoms with Crippen molar-refractivity contribution >= 4 is 57.9 Å². The van der Waals surface area contributed by atoms with Gasteiger partial charge in [-0.3, -0.25) is 5.32 Å². The number of anilines is 5. The van der Waals surface area contributed by atoms with Gasteiger partial charge in [-0.05, 0) is 43.4 Å². The highest BCUT2D eigenvalue weighted by Crippen LogP contribution is 2.24. The molecule has 3 aromatic rings. The Balaban J connectivity index is 1.40. The molecular weight excluding hydrogens is 449 g/mol. The van der Waals surface area contributed by atoms with E-state index >= 15 is 0 Å². The minimum atomic E-state index is -0.468. The summed E-state index contributed by atoms with van der Waals surface area (Å²) >= 11 is 11.9. The molecule has 2 aromatic carbocycles. The van der Waals surface area contributed by atoms with Crippen LogP contribution < -0.4 is 20.9 Å². The summed E-state index contributed by atoms with van der Waals surface area (Å²) in [6.45, 7) is 4.08. The number of aromatic nitrogens is 2. The third-order valence-electron chi connectivity index (χ3n) is 5.02. The van der Waals surface area contributed by atoms with Gasteiger partial charge < -0.3 is 20.4 Å². The number of hydrogen-bond acceptors (Lipinski definition) is 6. The Kier molecular flexibility index (Phi) is 6.94. The molecule has 1 aromatic heterocycles. The summed E-state index contributed by atoms with van der Waals surface area (Å²) in [6.07, 6.45) is 1.39. The smallest absolute Gasteiger partial charge is 0.324 e. The number of nitrogens with zero attached hydrogens (tertiary/aromatic N) is 4. The van der Waals surface area contributed by atoms with Crippen molar-refractivity contribution in [3.05, 3.63) is 64.9 Å². The molecule has 1 aliphatic heterocycles. The fraction of sp³-hybridized carbons (Fsp3) is 0.227. The fourth-order valence-corrected chi connectivity index (χ4v) is 3.92. The average molecular weight is 472 g/mol. The van der Waals surface area contributed by atoms with E-state index in [0.717, 1.165) is 37.6 Å². The second-order valence-corrected chi connectivity index (χ2v) is 8.36. The van der Waals surface area contributed by atoms with E-state index in [1.807, 2.05) is 12.1 Å². The molecule has 0 radical (unpaired) electrons. The molecule has 0 spiro atoms. The summed E-state index contributed by atoms with van der Waals surface area (Å²) in [5.74, 6) is 0.917. The molecule has 2 heterocycles. The van der Waals surface area contributed by atoms with Crippen LogP contribution in [0.3, 0.4) is 0 Å². The van der Waals surface area contributed by atoms with Gasteiger partial charge >= 0.3 is 6.03 Å². The Bertz CT molecular complexity index is 1080. The summed E-state index contributed by atoms with van der Waals surface area (Å²) in [5, 5.41) is 9.50. The van der Waals surface area contributed by atoms with Gasteiger partial charge in [0.05, 0.1) is 0 Å². The van der Waals surface area contributed by atoms with Crippen LogP contribution in [0.15, 0.2) is 54.9 Å². The molecular formula is C22H23Cl2N7O. The number of urea groups is 1. The largest absolute Gasteiger partial charge is 0.369 e. The highest BCUT2D eigenvalue weighted by Gasteiger charge is 2.14. The standard InChI is InChI=1S/C22H23Cl2N7O/c1-30-5-7-31(8-6-30)19-4-2-3-17(12-19)27-20-13-21(26-14-25-20)29-22(32)28-18-10-15(23)9-16(24)11-18/h2-4,9-14H,5-8H2,1H3,(H3,25,26,27,28,29,32). The molecule has 1 saturated heterocycles. The molecule has 0 unspecified atom stereocenters. The normalized spacial score (nSPS) is 14.2. The van der Waals surface area contributed by atoms with Gasteiger partial charge in [0.25, 0.3) is 0 Å². The lowest BCUT2D eigenvalue weighted by atomic mass is 10.2. The Morgan fingerprint density at radius 2 is 1.59 bits per heavy atom. The van der Waals surface area contributed by atoms with Crippen LogP contribution in [0.4, 0.5) is 33.5 Å². The van der Waals surface area contributed by atoms with E-state index < -0.39 is 6.03 Å². The van der Waals surface area contributed by atoms with Crippen LogP contribution in [0.1, 0.15) is 0 Å². The Labute approximate surface area is 196 Å². The fourth-order valence-electron chi connectivity index (χ4n) is 3.39. The van der Waals surface area contributed by atoms with E-state index in [9.17, 15) is 4.79 Å². The van der Waals surface area contributed by atoms with Crippen molar-refractivity contribution in [2.75, 3.05) is 54.1 Å². The molecule has 3 N–H and O–H groups in total. The molecule has 1 fully saturated rings. The zero-order valence-electron chi connectivity index (χ0n) is 17.5. The summed E-state index contributed by atoms with van der Waals surface area (Å²) in [4.78, 5) is 25.4. The predicted molar refractivity (Wildman–Crippen MR) is 131 cm³/mol. The number of amides is 2. The van der Waals surface area contributed by atoms with Crippen molar-refractivity contribution in [1.82, 2.24) is 14.9 Å². The SMILES string of the molecule is CN1CCN(c2cccc(Nc3cc(NC(=O)Nc4cc(Cl)cc(Cl)c4)ncn3)c2)CC1. The van der Waals surface area contributed by atoms with E-state index in [1.54, 1.807) is 24.3 Å². The van der Waals surface area contributed by atoms with Gasteiger partial charge in [-0.1, -0.05) is 29.3 Å². The van der Waals surface area contributed by atoms with Gasteiger partial charge in [0.2, 0.25) is 0 Å². The summed E-state index contributed by atoms with van der Waals surface area (Å²) < 4.78 is 0. The number of rotatable bonds is 5. The monoisotopic (exact) mass is 471 g/mol. The molecule has 1 aliphatic rings. The van der Waals surface area contributed by atoms with E-state index in [1.165, 1.54) is 6.33 Å². The van der Waals surface area contributed by atoms with Crippen LogP contribution in [0.5, 0.6) is 0 Å². The molecule has 4 rings (SSSR count). The van der Waals surface area contributed by atoms with Crippen molar-refractivity contribution < 1.29 is 4.79 Å². The average Bonchev–Trinajstić information content (AvgIpc) is 2.74. The van der Waals surface area contributed by atoms with E-state index in [-0.39, 0.29) is 0 Å². The van der Waals surface area contributed by atoms with Crippen molar-refractivity contribution in [3.8, 4) is 0 Å². The van der Waals surface area contributed by atoms with Crippen molar-refractivity contribution in [2.45, 2.75) is 0 Å². The number of piperazine rings is 1. The second-order valence-electron chi connectivity index (χ2n) is 7.49. The summed E-state index contributed by atoms with van der Waals surface area (Å²) in [6, 6.07) is 14.2. The van der Waals surface area contributed by atoms with Gasteiger partial charge in [0.1, 0.15) is 18.0 Å². The number of hydrogen-bond donors (Lipinski definition) is 3. The first kappa shape index (κ1) is 22.1. The first-order valence-corrected chi connectivity index (χ1v) is 10.9. The molecule has 0 saturated carbocycles. The molecule has 166 valence electrons. The Hall–Kier alpha value is -3.07. The number of benzene rings is 2. The molecule has 2 amide bonds. The molecule has 8 nitrogen and oxygen atoms in total. The van der Waals surface area contributed by atoms with Gasteiger partial charge in [-0.25, -0.2) is 14.8 Å². The van der Waals surface area contributed by atoms with Crippen LogP contribution in [0.25, 0.3) is 0 Å². The van der Waals surface area contributed by atoms with Crippen LogP contribution in [-0.4, -0.2) is 54.1 Å². The topological polar surface area (TPSA) is 85.4 Å². The third kappa shape index (κ3) is 6.00. The first-order valence-electron chi connectivity index (χ1n) is 10.1. The lowest BCUT2D eigenvalue weighted by Crippen LogP contribution is -2.44. The van der Waals surface area contributed by atoms with Gasteiger partial charge in [0, 0.05) is 59.4 Å². The summed E-state index contributed by atoms with van der Waals surface area (Å²) in [7, 11) is 2.14. The number of carbonyl (C=O) groups is 1. The minimum absolute atomic E-state index is 0.350. The Morgan fingerprint density at radius 3 is 2.34 bits per heavy atom. The number of likely N-dealkylation sites (N-methyl/N-ethyl adjacent to an activating group) is 1. The number of halogens is 2. The summed E-state index contributed by atoms with van der Waals surface area (Å²) in [5.41, 5.74) is 2.55. The lowest BCUT2D eigenvalue weighted by Gasteiger charge is -2.34. The van der Waals surface area contributed by atoms with Crippen molar-refractivity contribution in [3.63, 3.8) is 0 Å². The van der Waals surface area contributed by atoms with Crippen LogP contribution in [-0.2, 0) is 0 Å². The first-order chi connectivity index (χ1) is 15.4. The maximum Gasteiger partial charge on any atom is 0.324 e. The van der Waals surface area contributed by atoms with Crippen molar-refractivity contribution in [1.29, 1.82) is 0 Å². The van der Waals surface area contributed by atoms with Crippen LogP contribution in [0, 0.1) is 0 Å². The maximum absolute atomic E-state index is 12.3. The number of nitrogens with one attached hydrogen (secondary N) is 3. The minimum Gasteiger partial charge on any atom is -0.369 e. The molecule has 10 heteroatoms. The third-order valence-corrected chi connectivity index (χ3v) is 5.45. The zero-order chi connectivity index (χ0) is 22.5. The lowest BCUT2D eigenvalue weighted by molar-refractivity contribution is 0.262. The quantitative estimate of drug-likeness (QED) is 0.489. The molecule has 32 heavy (non-hydrogen) atoms. The zero-order valence-corrected chi connectivity index (χ0v) is 19.0. The Morgan fingerprint density at radius 1 is 0.875 bits per heavy atom. The van der Waals surface area contributed by atoms with E-state index in [4.69, 9.17) is 23.2 Å². The van der Waals surface area contributed by atoms with E-state index in [2.05, 4.69) is 54.9 Å². The highest BCUT2D eigenvalue weighted by atomic mass is 35.5.